The van der Waals surface area contributed by atoms with Crippen LogP contribution in [0, 0.1) is 0 Å². The van der Waals surface area contributed by atoms with Crippen molar-refractivity contribution in [2.45, 2.75) is 52.7 Å². The van der Waals surface area contributed by atoms with Gasteiger partial charge in [0, 0.05) is 30.9 Å². The zero-order valence-corrected chi connectivity index (χ0v) is 13.5. The molecule has 0 amide bonds. The number of aromatic nitrogens is 3. The molecule has 2 rings (SSSR count). The molecule has 2 heterocycles. The van der Waals surface area contributed by atoms with Gasteiger partial charge in [-0.25, -0.2) is 4.68 Å². The molecular weight excluding hydrogens is 276 g/mol. The molecule has 0 bridgehead atoms. The average molecular weight is 300 g/mol. The first-order chi connectivity index (χ1) is 10.7. The SMILES string of the molecule is CCCn1nc(-c2ccccn2)cc(CNC(C)CC)c1=O. The van der Waals surface area contributed by atoms with Crippen molar-refractivity contribution in [3.05, 3.63) is 46.4 Å². The second-order valence-corrected chi connectivity index (χ2v) is 5.49. The Kier molecular flexibility index (Phi) is 5.83. The molecule has 0 saturated carbocycles. The lowest BCUT2D eigenvalue weighted by atomic mass is 10.2. The van der Waals surface area contributed by atoms with Crippen molar-refractivity contribution in [2.24, 2.45) is 0 Å². The van der Waals surface area contributed by atoms with Gasteiger partial charge in [0.05, 0.1) is 5.69 Å². The van der Waals surface area contributed by atoms with Crippen LogP contribution < -0.4 is 10.9 Å². The molecule has 2 aromatic heterocycles. The standard InChI is InChI=1S/C17H24N4O/c1-4-10-21-17(22)14(12-19-13(3)5-2)11-16(20-21)15-8-6-7-9-18-15/h6-9,11,13,19H,4-5,10,12H2,1-3H3. The van der Waals surface area contributed by atoms with Crippen LogP contribution in [0.4, 0.5) is 0 Å². The van der Waals surface area contributed by atoms with E-state index in [0.29, 0.717) is 19.1 Å². The number of pyridine rings is 1. The molecule has 118 valence electrons. The number of rotatable bonds is 7. The zero-order valence-electron chi connectivity index (χ0n) is 13.5. The summed E-state index contributed by atoms with van der Waals surface area (Å²) in [6, 6.07) is 7.94. The number of aryl methyl sites for hydroxylation is 1. The number of hydrogen-bond acceptors (Lipinski definition) is 4. The van der Waals surface area contributed by atoms with Gasteiger partial charge in [-0.15, -0.1) is 0 Å². The van der Waals surface area contributed by atoms with E-state index in [1.54, 1.807) is 10.9 Å². The van der Waals surface area contributed by atoms with E-state index >= 15 is 0 Å². The predicted molar refractivity (Wildman–Crippen MR) is 88.6 cm³/mol. The Morgan fingerprint density at radius 3 is 2.73 bits per heavy atom. The first-order valence-corrected chi connectivity index (χ1v) is 7.91. The van der Waals surface area contributed by atoms with Gasteiger partial charge in [-0.05, 0) is 38.0 Å². The molecule has 5 nitrogen and oxygen atoms in total. The molecule has 22 heavy (non-hydrogen) atoms. The Labute approximate surface area is 131 Å². The van der Waals surface area contributed by atoms with Gasteiger partial charge < -0.3 is 5.32 Å². The van der Waals surface area contributed by atoms with E-state index in [2.05, 4.69) is 29.2 Å². The van der Waals surface area contributed by atoms with Gasteiger partial charge in [0.25, 0.3) is 5.56 Å². The van der Waals surface area contributed by atoms with E-state index < -0.39 is 0 Å². The highest BCUT2D eigenvalue weighted by Crippen LogP contribution is 2.13. The molecule has 0 aliphatic rings. The molecule has 0 fully saturated rings. The highest BCUT2D eigenvalue weighted by molar-refractivity contribution is 5.53. The van der Waals surface area contributed by atoms with Crippen LogP contribution in [0.5, 0.6) is 0 Å². The molecule has 5 heteroatoms. The Balaban J connectivity index is 2.39. The van der Waals surface area contributed by atoms with E-state index in [1.165, 1.54) is 0 Å². The normalized spacial score (nSPS) is 12.3. The van der Waals surface area contributed by atoms with Gasteiger partial charge in [-0.2, -0.15) is 5.10 Å². The first kappa shape index (κ1) is 16.4. The number of hydrogen-bond donors (Lipinski definition) is 1. The highest BCUT2D eigenvalue weighted by atomic mass is 16.1. The summed E-state index contributed by atoms with van der Waals surface area (Å²) >= 11 is 0. The molecule has 0 radical (unpaired) electrons. The molecule has 1 N–H and O–H groups in total. The van der Waals surface area contributed by atoms with Crippen molar-refractivity contribution in [1.82, 2.24) is 20.1 Å². The lowest BCUT2D eigenvalue weighted by molar-refractivity contribution is 0.518. The van der Waals surface area contributed by atoms with Gasteiger partial charge in [-0.3, -0.25) is 9.78 Å². The molecule has 0 aliphatic heterocycles. The molecular formula is C17H24N4O. The fourth-order valence-corrected chi connectivity index (χ4v) is 2.15. The third-order valence-corrected chi connectivity index (χ3v) is 3.66. The van der Waals surface area contributed by atoms with Crippen LogP contribution in [0.25, 0.3) is 11.4 Å². The van der Waals surface area contributed by atoms with Gasteiger partial charge in [0.15, 0.2) is 0 Å². The minimum Gasteiger partial charge on any atom is -0.310 e. The van der Waals surface area contributed by atoms with Crippen LogP contribution in [0.3, 0.4) is 0 Å². The van der Waals surface area contributed by atoms with Crippen LogP contribution in [-0.2, 0) is 13.1 Å². The summed E-state index contributed by atoms with van der Waals surface area (Å²) in [5.41, 5.74) is 2.26. The maximum absolute atomic E-state index is 12.5. The van der Waals surface area contributed by atoms with Crippen LogP contribution in [0.2, 0.25) is 0 Å². The summed E-state index contributed by atoms with van der Waals surface area (Å²) in [7, 11) is 0. The summed E-state index contributed by atoms with van der Waals surface area (Å²) < 4.78 is 1.55. The predicted octanol–water partition coefficient (Wildman–Crippen LogP) is 2.60. The van der Waals surface area contributed by atoms with Crippen LogP contribution in [0.15, 0.2) is 35.3 Å². The molecule has 0 saturated heterocycles. The molecule has 0 aromatic carbocycles. The van der Waals surface area contributed by atoms with E-state index in [0.717, 1.165) is 29.8 Å². The molecule has 1 atom stereocenters. The van der Waals surface area contributed by atoms with Crippen molar-refractivity contribution < 1.29 is 0 Å². The molecule has 1 unspecified atom stereocenters. The summed E-state index contributed by atoms with van der Waals surface area (Å²) in [4.78, 5) is 16.8. The van der Waals surface area contributed by atoms with Crippen molar-refractivity contribution in [3.63, 3.8) is 0 Å². The quantitative estimate of drug-likeness (QED) is 0.854. The number of nitrogens with zero attached hydrogens (tertiary/aromatic N) is 3. The lowest BCUT2D eigenvalue weighted by Gasteiger charge is -2.13. The smallest absolute Gasteiger partial charge is 0.271 e. The molecule has 2 aromatic rings. The highest BCUT2D eigenvalue weighted by Gasteiger charge is 2.11. The summed E-state index contributed by atoms with van der Waals surface area (Å²) in [6.45, 7) is 7.46. The second-order valence-electron chi connectivity index (χ2n) is 5.49. The lowest BCUT2D eigenvalue weighted by Crippen LogP contribution is -2.32. The van der Waals surface area contributed by atoms with Crippen molar-refractivity contribution in [2.75, 3.05) is 0 Å². The van der Waals surface area contributed by atoms with Gasteiger partial charge in [0.1, 0.15) is 5.69 Å². The van der Waals surface area contributed by atoms with Crippen molar-refractivity contribution in [3.8, 4) is 11.4 Å². The van der Waals surface area contributed by atoms with Crippen LogP contribution >= 0.6 is 0 Å². The largest absolute Gasteiger partial charge is 0.310 e. The third kappa shape index (κ3) is 4.01. The van der Waals surface area contributed by atoms with Crippen molar-refractivity contribution >= 4 is 0 Å². The fraction of sp³-hybridized carbons (Fsp3) is 0.471. The minimum atomic E-state index is -0.0164. The molecule has 0 aliphatic carbocycles. The van der Waals surface area contributed by atoms with Gasteiger partial charge in [0.2, 0.25) is 0 Å². The maximum Gasteiger partial charge on any atom is 0.271 e. The Morgan fingerprint density at radius 1 is 1.27 bits per heavy atom. The number of nitrogens with one attached hydrogen (secondary N) is 1. The topological polar surface area (TPSA) is 59.8 Å². The van der Waals surface area contributed by atoms with E-state index in [9.17, 15) is 4.79 Å². The average Bonchev–Trinajstić information content (AvgIpc) is 2.56. The van der Waals surface area contributed by atoms with E-state index in [4.69, 9.17) is 0 Å². The summed E-state index contributed by atoms with van der Waals surface area (Å²) in [5, 5.41) is 7.83. The van der Waals surface area contributed by atoms with Crippen molar-refractivity contribution in [1.29, 1.82) is 0 Å². The summed E-state index contributed by atoms with van der Waals surface area (Å²) in [5.74, 6) is 0. The van der Waals surface area contributed by atoms with Gasteiger partial charge >= 0.3 is 0 Å². The fourth-order valence-electron chi connectivity index (χ4n) is 2.15. The Hall–Kier alpha value is -2.01. The van der Waals surface area contributed by atoms with E-state index in [-0.39, 0.29) is 5.56 Å². The Morgan fingerprint density at radius 2 is 2.09 bits per heavy atom. The monoisotopic (exact) mass is 300 g/mol. The molecule has 0 spiro atoms. The van der Waals surface area contributed by atoms with Crippen LogP contribution in [-0.4, -0.2) is 20.8 Å². The first-order valence-electron chi connectivity index (χ1n) is 7.91. The Bertz CT molecular complexity index is 651. The van der Waals surface area contributed by atoms with Gasteiger partial charge in [-0.1, -0.05) is 19.9 Å². The van der Waals surface area contributed by atoms with E-state index in [1.807, 2.05) is 31.2 Å². The minimum absolute atomic E-state index is 0.0164. The third-order valence-electron chi connectivity index (χ3n) is 3.66. The zero-order chi connectivity index (χ0) is 15.9. The summed E-state index contributed by atoms with van der Waals surface area (Å²) in [6.07, 6.45) is 3.64. The van der Waals surface area contributed by atoms with Crippen LogP contribution in [0.1, 0.15) is 39.2 Å². The maximum atomic E-state index is 12.5. The second kappa shape index (κ2) is 7.84.